The van der Waals surface area contributed by atoms with Gasteiger partial charge in [-0.25, -0.2) is 0 Å². The molecule has 1 unspecified atom stereocenters. The van der Waals surface area contributed by atoms with Gasteiger partial charge in [0, 0.05) is 25.7 Å². The van der Waals surface area contributed by atoms with Crippen LogP contribution in [-0.4, -0.2) is 43.3 Å². The van der Waals surface area contributed by atoms with Gasteiger partial charge in [0.15, 0.2) is 0 Å². The standard InChI is InChI=1S/C12H22N2O4/c1-9(2-5-13)10(15)14-8-12(11(16)17)3-6-18-7-4-12/h9H,2-8,13H2,1H3,(H,14,15)(H,16,17). The Kier molecular flexibility index (Phi) is 5.55. The number of ether oxygens (including phenoxy) is 1. The SMILES string of the molecule is CC(CCN)C(=O)NCC1(C(=O)O)CCOCC1. The Morgan fingerprint density at radius 1 is 1.44 bits per heavy atom. The molecule has 0 saturated carbocycles. The number of aliphatic carboxylic acids is 1. The average Bonchev–Trinajstić information content (AvgIpc) is 2.37. The first kappa shape index (κ1) is 14.9. The highest BCUT2D eigenvalue weighted by molar-refractivity contribution is 5.80. The summed E-state index contributed by atoms with van der Waals surface area (Å²) in [6.07, 6.45) is 1.48. The molecular formula is C12H22N2O4. The Labute approximate surface area is 107 Å². The topological polar surface area (TPSA) is 102 Å². The minimum absolute atomic E-state index is 0.132. The van der Waals surface area contributed by atoms with Gasteiger partial charge in [-0.15, -0.1) is 0 Å². The van der Waals surface area contributed by atoms with Crippen LogP contribution in [0, 0.1) is 11.3 Å². The molecule has 4 N–H and O–H groups in total. The van der Waals surface area contributed by atoms with E-state index in [9.17, 15) is 14.7 Å². The third-order valence-corrected chi connectivity index (χ3v) is 3.55. The van der Waals surface area contributed by atoms with Crippen LogP contribution in [-0.2, 0) is 14.3 Å². The summed E-state index contributed by atoms with van der Waals surface area (Å²) in [6, 6.07) is 0. The first-order valence-corrected chi connectivity index (χ1v) is 6.31. The number of rotatable bonds is 6. The molecule has 1 atom stereocenters. The summed E-state index contributed by atoms with van der Waals surface area (Å²) >= 11 is 0. The number of carboxylic acid groups (broad SMARTS) is 1. The predicted molar refractivity (Wildman–Crippen MR) is 66.0 cm³/mol. The Morgan fingerprint density at radius 2 is 2.06 bits per heavy atom. The van der Waals surface area contributed by atoms with E-state index in [1.807, 2.05) is 0 Å². The maximum absolute atomic E-state index is 11.7. The van der Waals surface area contributed by atoms with Crippen LogP contribution in [0.25, 0.3) is 0 Å². The van der Waals surface area contributed by atoms with Crippen molar-refractivity contribution in [3.63, 3.8) is 0 Å². The van der Waals surface area contributed by atoms with Gasteiger partial charge in [0.1, 0.15) is 0 Å². The fourth-order valence-corrected chi connectivity index (χ4v) is 2.04. The van der Waals surface area contributed by atoms with E-state index in [2.05, 4.69) is 5.32 Å². The molecule has 0 bridgehead atoms. The molecule has 0 spiro atoms. The highest BCUT2D eigenvalue weighted by Gasteiger charge is 2.40. The molecule has 0 aliphatic carbocycles. The minimum Gasteiger partial charge on any atom is -0.481 e. The summed E-state index contributed by atoms with van der Waals surface area (Å²) in [5, 5.41) is 12.0. The summed E-state index contributed by atoms with van der Waals surface area (Å²) in [7, 11) is 0. The van der Waals surface area contributed by atoms with Gasteiger partial charge in [0.2, 0.25) is 5.91 Å². The highest BCUT2D eigenvalue weighted by Crippen LogP contribution is 2.30. The van der Waals surface area contributed by atoms with Crippen molar-refractivity contribution in [2.75, 3.05) is 26.3 Å². The fraction of sp³-hybridized carbons (Fsp3) is 0.833. The maximum atomic E-state index is 11.7. The monoisotopic (exact) mass is 258 g/mol. The van der Waals surface area contributed by atoms with Gasteiger partial charge in [-0.1, -0.05) is 6.92 Å². The van der Waals surface area contributed by atoms with Gasteiger partial charge >= 0.3 is 5.97 Å². The van der Waals surface area contributed by atoms with Gasteiger partial charge in [0.05, 0.1) is 5.41 Å². The lowest BCUT2D eigenvalue weighted by atomic mass is 9.80. The normalized spacial score (nSPS) is 20.1. The molecule has 1 saturated heterocycles. The smallest absolute Gasteiger partial charge is 0.311 e. The van der Waals surface area contributed by atoms with Crippen LogP contribution in [0.4, 0.5) is 0 Å². The molecule has 1 aliphatic rings. The molecule has 1 fully saturated rings. The van der Waals surface area contributed by atoms with Crippen molar-refractivity contribution in [1.29, 1.82) is 0 Å². The molecule has 0 aromatic carbocycles. The van der Waals surface area contributed by atoms with E-state index in [4.69, 9.17) is 10.5 Å². The second-order valence-electron chi connectivity index (χ2n) is 4.89. The van der Waals surface area contributed by atoms with Crippen LogP contribution < -0.4 is 11.1 Å². The Bertz CT molecular complexity index is 300. The molecule has 18 heavy (non-hydrogen) atoms. The zero-order chi connectivity index (χ0) is 13.6. The van der Waals surface area contributed by atoms with Gasteiger partial charge in [-0.3, -0.25) is 9.59 Å². The zero-order valence-electron chi connectivity index (χ0n) is 10.8. The van der Waals surface area contributed by atoms with Crippen LogP contribution >= 0.6 is 0 Å². The minimum atomic E-state index is -0.879. The molecule has 0 aromatic heterocycles. The van der Waals surface area contributed by atoms with E-state index in [0.29, 0.717) is 39.0 Å². The van der Waals surface area contributed by atoms with Gasteiger partial charge in [0.25, 0.3) is 0 Å². The number of carbonyl (C=O) groups is 2. The Balaban J connectivity index is 2.52. The zero-order valence-corrected chi connectivity index (χ0v) is 10.8. The van der Waals surface area contributed by atoms with Crippen molar-refractivity contribution < 1.29 is 19.4 Å². The lowest BCUT2D eigenvalue weighted by Gasteiger charge is -2.33. The van der Waals surface area contributed by atoms with Gasteiger partial charge in [-0.05, 0) is 25.8 Å². The van der Waals surface area contributed by atoms with E-state index in [1.165, 1.54) is 0 Å². The summed E-state index contributed by atoms with van der Waals surface area (Å²) in [5.74, 6) is -1.18. The van der Waals surface area contributed by atoms with Crippen LogP contribution in [0.3, 0.4) is 0 Å². The molecule has 104 valence electrons. The summed E-state index contributed by atoms with van der Waals surface area (Å²) in [6.45, 7) is 3.27. The maximum Gasteiger partial charge on any atom is 0.311 e. The summed E-state index contributed by atoms with van der Waals surface area (Å²) < 4.78 is 5.18. The Morgan fingerprint density at radius 3 is 2.56 bits per heavy atom. The van der Waals surface area contributed by atoms with E-state index < -0.39 is 11.4 Å². The second-order valence-corrected chi connectivity index (χ2v) is 4.89. The van der Waals surface area contributed by atoms with Crippen molar-refractivity contribution in [2.45, 2.75) is 26.2 Å². The second kappa shape index (κ2) is 6.70. The number of carboxylic acids is 1. The van der Waals surface area contributed by atoms with Crippen molar-refractivity contribution in [3.8, 4) is 0 Å². The predicted octanol–water partition coefficient (Wildman–Crippen LogP) is -0.0311. The lowest BCUT2D eigenvalue weighted by molar-refractivity contribution is -0.154. The van der Waals surface area contributed by atoms with Crippen molar-refractivity contribution in [2.24, 2.45) is 17.1 Å². The molecule has 1 amide bonds. The van der Waals surface area contributed by atoms with E-state index in [1.54, 1.807) is 6.92 Å². The van der Waals surface area contributed by atoms with E-state index >= 15 is 0 Å². The largest absolute Gasteiger partial charge is 0.481 e. The van der Waals surface area contributed by atoms with E-state index in [0.717, 1.165) is 0 Å². The van der Waals surface area contributed by atoms with Crippen LogP contribution in [0.15, 0.2) is 0 Å². The van der Waals surface area contributed by atoms with Gasteiger partial charge in [-0.2, -0.15) is 0 Å². The number of hydrogen-bond donors (Lipinski definition) is 3. The van der Waals surface area contributed by atoms with Crippen molar-refractivity contribution in [1.82, 2.24) is 5.32 Å². The molecule has 0 aromatic rings. The first-order valence-electron chi connectivity index (χ1n) is 6.31. The van der Waals surface area contributed by atoms with Crippen LogP contribution in [0.2, 0.25) is 0 Å². The number of carbonyl (C=O) groups excluding carboxylic acids is 1. The Hall–Kier alpha value is -1.14. The summed E-state index contributed by atoms with van der Waals surface area (Å²) in [5.41, 5.74) is 4.51. The number of nitrogens with two attached hydrogens (primary N) is 1. The third-order valence-electron chi connectivity index (χ3n) is 3.55. The quantitative estimate of drug-likeness (QED) is 0.621. The number of hydrogen-bond acceptors (Lipinski definition) is 4. The van der Waals surface area contributed by atoms with Crippen LogP contribution in [0.1, 0.15) is 26.2 Å². The lowest BCUT2D eigenvalue weighted by Crippen LogP contribution is -2.47. The first-order chi connectivity index (χ1) is 8.52. The summed E-state index contributed by atoms with van der Waals surface area (Å²) in [4.78, 5) is 23.1. The number of nitrogens with one attached hydrogen (secondary N) is 1. The fourth-order valence-electron chi connectivity index (χ4n) is 2.04. The van der Waals surface area contributed by atoms with Gasteiger partial charge < -0.3 is 20.9 Å². The molecule has 1 heterocycles. The van der Waals surface area contributed by atoms with Crippen molar-refractivity contribution in [3.05, 3.63) is 0 Å². The number of amides is 1. The molecule has 0 radical (unpaired) electrons. The van der Waals surface area contributed by atoms with E-state index in [-0.39, 0.29) is 18.4 Å². The molecule has 1 rings (SSSR count). The highest BCUT2D eigenvalue weighted by atomic mass is 16.5. The molecule has 6 nitrogen and oxygen atoms in total. The van der Waals surface area contributed by atoms with Crippen molar-refractivity contribution >= 4 is 11.9 Å². The molecule has 1 aliphatic heterocycles. The molecule has 6 heteroatoms. The third kappa shape index (κ3) is 3.68. The average molecular weight is 258 g/mol. The molecular weight excluding hydrogens is 236 g/mol. The van der Waals surface area contributed by atoms with Crippen LogP contribution in [0.5, 0.6) is 0 Å².